The number of amides is 1. The van der Waals surface area contributed by atoms with Gasteiger partial charge in [0, 0.05) is 30.7 Å². The second kappa shape index (κ2) is 5.33. The molecule has 2 fully saturated rings. The number of thiophene rings is 1. The van der Waals surface area contributed by atoms with E-state index < -0.39 is 11.8 Å². The van der Waals surface area contributed by atoms with E-state index in [1.165, 1.54) is 4.88 Å². The highest BCUT2D eigenvalue weighted by Gasteiger charge is 2.56. The van der Waals surface area contributed by atoms with Crippen molar-refractivity contribution in [3.8, 4) is 0 Å². The number of carbonyl (C=O) groups excluding carboxylic acids is 1. The lowest BCUT2D eigenvalue weighted by molar-refractivity contribution is -0.144. The second-order valence-corrected chi connectivity index (χ2v) is 7.20. The Labute approximate surface area is 139 Å². The molecule has 2 saturated heterocycles. The van der Waals surface area contributed by atoms with Gasteiger partial charge in [-0.05, 0) is 23.6 Å². The number of anilines is 1. The summed E-state index contributed by atoms with van der Waals surface area (Å²) in [5.74, 6) is -0.0192. The third kappa shape index (κ3) is 2.17. The van der Waals surface area contributed by atoms with E-state index in [2.05, 4.69) is 33.8 Å². The first-order valence-corrected chi connectivity index (χ1v) is 8.64. The third-order valence-electron chi connectivity index (χ3n) is 4.99. The Bertz CT molecular complexity index is 705. The molecule has 0 spiro atoms. The predicted octanol–water partition coefficient (Wildman–Crippen LogP) is 1.38. The lowest BCUT2D eigenvalue weighted by Gasteiger charge is -2.45. The van der Waals surface area contributed by atoms with Crippen LogP contribution < -0.4 is 16.0 Å². The van der Waals surface area contributed by atoms with Crippen LogP contribution in [0.25, 0.3) is 0 Å². The highest BCUT2D eigenvalue weighted by Crippen LogP contribution is 2.43. The van der Waals surface area contributed by atoms with E-state index in [1.54, 1.807) is 23.3 Å². The van der Waals surface area contributed by atoms with Crippen LogP contribution in [0, 0.1) is 5.92 Å². The van der Waals surface area contributed by atoms with Crippen molar-refractivity contribution < 1.29 is 4.79 Å². The van der Waals surface area contributed by atoms with Crippen LogP contribution in [0.2, 0.25) is 0 Å². The van der Waals surface area contributed by atoms with E-state index in [9.17, 15) is 4.79 Å². The molecular weight excluding hydrogens is 308 g/mol. The normalized spacial score (nSPS) is 30.6. The maximum Gasteiger partial charge on any atom is 0.231 e. The smallest absolute Gasteiger partial charge is 0.231 e. The quantitative estimate of drug-likeness (QED) is 0.874. The van der Waals surface area contributed by atoms with Crippen LogP contribution in [0.1, 0.15) is 4.88 Å². The highest BCUT2D eigenvalue weighted by molar-refractivity contribution is 7.10. The van der Waals surface area contributed by atoms with Gasteiger partial charge in [0.05, 0.1) is 11.5 Å². The molecule has 2 aromatic rings. The zero-order valence-corrected chi connectivity index (χ0v) is 13.8. The van der Waals surface area contributed by atoms with Crippen molar-refractivity contribution in [2.45, 2.75) is 11.8 Å². The first kappa shape index (κ1) is 14.7. The van der Waals surface area contributed by atoms with Crippen molar-refractivity contribution in [3.05, 3.63) is 52.7 Å². The molecule has 1 aromatic heterocycles. The molecule has 3 unspecified atom stereocenters. The lowest BCUT2D eigenvalue weighted by atomic mass is 9.82. The van der Waals surface area contributed by atoms with Crippen molar-refractivity contribution in [2.75, 3.05) is 25.0 Å². The fourth-order valence-electron chi connectivity index (χ4n) is 3.72. The molecule has 4 rings (SSSR count). The predicted molar refractivity (Wildman–Crippen MR) is 92.0 cm³/mol. The van der Waals surface area contributed by atoms with Crippen molar-refractivity contribution in [3.63, 3.8) is 0 Å². The minimum absolute atomic E-state index is 0.114. The fraction of sp³-hybridized carbons (Fsp3) is 0.353. The van der Waals surface area contributed by atoms with E-state index in [-0.39, 0.29) is 11.8 Å². The van der Waals surface area contributed by atoms with Gasteiger partial charge in [0.1, 0.15) is 6.29 Å². The molecule has 0 radical (unpaired) electrons. The molecule has 23 heavy (non-hydrogen) atoms. The van der Waals surface area contributed by atoms with Crippen LogP contribution in [0.3, 0.4) is 0 Å². The van der Waals surface area contributed by atoms with Crippen LogP contribution in [-0.2, 0) is 10.3 Å². The van der Waals surface area contributed by atoms with Gasteiger partial charge in [-0.25, -0.2) is 0 Å². The van der Waals surface area contributed by atoms with Gasteiger partial charge in [0.2, 0.25) is 5.91 Å². The first-order chi connectivity index (χ1) is 11.1. The van der Waals surface area contributed by atoms with Crippen LogP contribution >= 0.6 is 11.3 Å². The number of nitrogens with two attached hydrogens (primary N) is 1. The first-order valence-electron chi connectivity index (χ1n) is 7.76. The Morgan fingerprint density at radius 2 is 2.04 bits per heavy atom. The van der Waals surface area contributed by atoms with Crippen molar-refractivity contribution >= 4 is 22.9 Å². The largest absolute Gasteiger partial charge is 0.368 e. The topological polar surface area (TPSA) is 61.6 Å². The van der Waals surface area contributed by atoms with Crippen molar-refractivity contribution in [1.29, 1.82) is 0 Å². The lowest BCUT2D eigenvalue weighted by Crippen LogP contribution is -2.69. The number of carbonyl (C=O) groups is 1. The molecule has 2 aliphatic heterocycles. The summed E-state index contributed by atoms with van der Waals surface area (Å²) in [6.07, 6.45) is -0.462. The Balaban J connectivity index is 1.77. The molecule has 3 atom stereocenters. The second-order valence-electron chi connectivity index (χ2n) is 6.26. The molecule has 0 saturated carbocycles. The zero-order chi connectivity index (χ0) is 16.0. The molecule has 2 aliphatic rings. The van der Waals surface area contributed by atoms with E-state index in [0.717, 1.165) is 12.2 Å². The SMILES string of the molecule is CN1C(=O)C2CN(c3ccccc3)CC2(c2cccs2)NC1N. The van der Waals surface area contributed by atoms with Crippen LogP contribution in [0.15, 0.2) is 47.8 Å². The van der Waals surface area contributed by atoms with Gasteiger partial charge >= 0.3 is 0 Å². The minimum Gasteiger partial charge on any atom is -0.368 e. The molecule has 1 amide bonds. The summed E-state index contributed by atoms with van der Waals surface area (Å²) in [6.45, 7) is 1.44. The van der Waals surface area contributed by atoms with Crippen LogP contribution in [0.4, 0.5) is 5.69 Å². The average Bonchev–Trinajstić information content (AvgIpc) is 3.22. The Kier molecular flexibility index (Phi) is 3.41. The van der Waals surface area contributed by atoms with Gasteiger partial charge in [0.25, 0.3) is 0 Å². The molecule has 1 aromatic carbocycles. The fourth-order valence-corrected chi connectivity index (χ4v) is 4.66. The standard InChI is InChI=1S/C17H20N4OS/c1-20-15(22)13-10-21(12-6-3-2-4-7-12)11-17(13,19-16(20)18)14-8-5-9-23-14/h2-9,13,16,19H,10-11,18H2,1H3. The number of benzene rings is 1. The number of hydrogen-bond donors (Lipinski definition) is 2. The Morgan fingerprint density at radius 1 is 1.26 bits per heavy atom. The summed E-state index contributed by atoms with van der Waals surface area (Å²) in [4.78, 5) is 18.0. The number of para-hydroxylation sites is 1. The highest BCUT2D eigenvalue weighted by atomic mass is 32.1. The Morgan fingerprint density at radius 3 is 2.74 bits per heavy atom. The van der Waals surface area contributed by atoms with Gasteiger partial charge in [-0.1, -0.05) is 24.3 Å². The van der Waals surface area contributed by atoms with Crippen molar-refractivity contribution in [1.82, 2.24) is 10.2 Å². The van der Waals surface area contributed by atoms with Gasteiger partial charge < -0.3 is 9.80 Å². The number of nitrogens with zero attached hydrogens (tertiary/aromatic N) is 2. The van der Waals surface area contributed by atoms with Gasteiger partial charge in [0.15, 0.2) is 0 Å². The number of nitrogens with one attached hydrogen (secondary N) is 1. The molecule has 3 N–H and O–H groups in total. The summed E-state index contributed by atoms with van der Waals surface area (Å²) >= 11 is 1.68. The molecule has 5 nitrogen and oxygen atoms in total. The van der Waals surface area contributed by atoms with Gasteiger partial charge in [-0.15, -0.1) is 11.3 Å². The number of fused-ring (bicyclic) bond motifs is 1. The van der Waals surface area contributed by atoms with E-state index in [1.807, 2.05) is 24.3 Å². The molecule has 3 heterocycles. The van der Waals surface area contributed by atoms with E-state index >= 15 is 0 Å². The summed E-state index contributed by atoms with van der Waals surface area (Å²) in [7, 11) is 1.77. The maximum atomic E-state index is 12.9. The zero-order valence-electron chi connectivity index (χ0n) is 13.0. The molecule has 0 bridgehead atoms. The maximum absolute atomic E-state index is 12.9. The van der Waals surface area contributed by atoms with Crippen LogP contribution in [-0.4, -0.2) is 37.2 Å². The van der Waals surface area contributed by atoms with E-state index in [4.69, 9.17) is 5.73 Å². The molecule has 120 valence electrons. The monoisotopic (exact) mass is 328 g/mol. The Hall–Kier alpha value is -1.89. The van der Waals surface area contributed by atoms with Crippen molar-refractivity contribution in [2.24, 2.45) is 11.7 Å². The minimum atomic E-state index is -0.462. The van der Waals surface area contributed by atoms with Gasteiger partial charge in [-0.3, -0.25) is 15.8 Å². The summed E-state index contributed by atoms with van der Waals surface area (Å²) < 4.78 is 0. The summed E-state index contributed by atoms with van der Waals surface area (Å²) in [6, 6.07) is 14.4. The number of rotatable bonds is 2. The molecule has 6 heteroatoms. The average molecular weight is 328 g/mol. The molecule has 0 aliphatic carbocycles. The summed E-state index contributed by atoms with van der Waals surface area (Å²) in [5.41, 5.74) is 6.91. The summed E-state index contributed by atoms with van der Waals surface area (Å²) in [5, 5.41) is 5.58. The number of hydrogen-bond acceptors (Lipinski definition) is 5. The third-order valence-corrected chi connectivity index (χ3v) is 6.04. The van der Waals surface area contributed by atoms with Crippen LogP contribution in [0.5, 0.6) is 0 Å². The molecular formula is C17H20N4OS. The van der Waals surface area contributed by atoms with E-state index in [0.29, 0.717) is 6.54 Å². The van der Waals surface area contributed by atoms with Gasteiger partial charge in [-0.2, -0.15) is 0 Å².